The van der Waals surface area contributed by atoms with E-state index in [0.717, 1.165) is 46.5 Å². The molecule has 0 unspecified atom stereocenters. The summed E-state index contributed by atoms with van der Waals surface area (Å²) in [4.78, 5) is 7.20. The topological polar surface area (TPSA) is 100 Å². The molecule has 0 radical (unpaired) electrons. The Morgan fingerprint density at radius 2 is 1.48 bits per heavy atom. The molecule has 0 spiro atoms. The lowest BCUT2D eigenvalue weighted by Crippen LogP contribution is -2.34. The fraction of sp³-hybridized carbons (Fsp3) is 0.342. The Labute approximate surface area is 280 Å². The summed E-state index contributed by atoms with van der Waals surface area (Å²) in [5.74, 6) is 4.76. The molecule has 0 aliphatic carbocycles. The van der Waals surface area contributed by atoms with E-state index in [-0.39, 0.29) is 11.8 Å². The molecule has 0 saturated carbocycles. The summed E-state index contributed by atoms with van der Waals surface area (Å²) in [6, 6.07) is 15.2. The van der Waals surface area contributed by atoms with Crippen molar-refractivity contribution in [3.63, 3.8) is 0 Å². The van der Waals surface area contributed by atoms with Gasteiger partial charge in [0.25, 0.3) is 0 Å². The van der Waals surface area contributed by atoms with Gasteiger partial charge in [-0.2, -0.15) is 0 Å². The number of hydrogen-bond acceptors (Lipinski definition) is 10. The van der Waals surface area contributed by atoms with E-state index < -0.39 is 0 Å². The number of benzene rings is 4. The van der Waals surface area contributed by atoms with Crippen LogP contribution in [-0.2, 0) is 25.7 Å². The predicted octanol–water partition coefficient (Wildman–Crippen LogP) is 6.69. The second-order valence-electron chi connectivity index (χ2n) is 12.2. The third-order valence-corrected chi connectivity index (χ3v) is 9.55. The molecule has 4 aliphatic rings. The number of hydrogen-bond donors (Lipinski definition) is 1. The highest BCUT2D eigenvalue weighted by molar-refractivity contribution is 6.04. The number of phenols is 1. The lowest BCUT2D eigenvalue weighted by molar-refractivity contribution is 0.215. The molecule has 4 aromatic carbocycles. The second-order valence-corrected chi connectivity index (χ2v) is 12.2. The number of nitrogens with zero attached hydrogens (tertiary/aromatic N) is 2. The molecule has 1 N–H and O–H groups in total. The Bertz CT molecular complexity index is 1900. The van der Waals surface area contributed by atoms with E-state index in [1.807, 2.05) is 36.4 Å². The van der Waals surface area contributed by atoms with Gasteiger partial charge in [-0.05, 0) is 73.3 Å². The molecule has 0 saturated heterocycles. The fourth-order valence-corrected chi connectivity index (χ4v) is 7.11. The quantitative estimate of drug-likeness (QED) is 0.253. The highest BCUT2D eigenvalue weighted by Crippen LogP contribution is 2.56. The van der Waals surface area contributed by atoms with Crippen molar-refractivity contribution in [2.24, 2.45) is 4.99 Å². The Morgan fingerprint density at radius 3 is 2.19 bits per heavy atom. The van der Waals surface area contributed by atoms with Crippen molar-refractivity contribution in [3.8, 4) is 57.5 Å². The minimum Gasteiger partial charge on any atom is -0.508 e. The number of ether oxygens (including phenoxy) is 7. The molecule has 10 nitrogen and oxygen atoms in total. The molecule has 4 heterocycles. The molecule has 4 aromatic rings. The molecule has 250 valence electrons. The van der Waals surface area contributed by atoms with Crippen molar-refractivity contribution >= 4 is 5.71 Å². The molecule has 48 heavy (non-hydrogen) atoms. The maximum Gasteiger partial charge on any atom is 0.208 e. The first-order valence-electron chi connectivity index (χ1n) is 16.0. The van der Waals surface area contributed by atoms with E-state index in [1.54, 1.807) is 41.6 Å². The number of methoxy groups -OCH3 is 5. The maximum atomic E-state index is 11.3. The van der Waals surface area contributed by atoms with Crippen LogP contribution in [0.4, 0.5) is 0 Å². The van der Waals surface area contributed by atoms with Crippen LogP contribution in [0.15, 0.2) is 53.5 Å². The van der Waals surface area contributed by atoms with Crippen molar-refractivity contribution in [2.45, 2.75) is 31.7 Å². The highest BCUT2D eigenvalue weighted by atomic mass is 16.6. The molecule has 0 fully saturated rings. The molecule has 0 amide bonds. The minimum atomic E-state index is -0.261. The molecule has 8 rings (SSSR count). The number of rotatable bonds is 5. The van der Waals surface area contributed by atoms with Gasteiger partial charge in [0.15, 0.2) is 34.5 Å². The number of phenolic OH excluding ortho intramolecular Hbond substituents is 1. The number of likely N-dealkylation sites (N-methyl/N-ethyl adjacent to an activating group) is 1. The third kappa shape index (κ3) is 5.39. The Balaban J connectivity index is 1.51. The third-order valence-electron chi connectivity index (χ3n) is 9.55. The van der Waals surface area contributed by atoms with Crippen LogP contribution in [0.5, 0.6) is 57.5 Å². The van der Waals surface area contributed by atoms with Crippen LogP contribution in [0, 0.1) is 0 Å². The summed E-state index contributed by atoms with van der Waals surface area (Å²) >= 11 is 0. The zero-order chi connectivity index (χ0) is 33.5. The second kappa shape index (κ2) is 12.8. The van der Waals surface area contributed by atoms with Crippen molar-refractivity contribution in [3.05, 3.63) is 81.9 Å². The van der Waals surface area contributed by atoms with Crippen molar-refractivity contribution in [2.75, 3.05) is 55.7 Å². The van der Waals surface area contributed by atoms with E-state index in [9.17, 15) is 5.11 Å². The summed E-state index contributed by atoms with van der Waals surface area (Å²) in [7, 11) is 10.1. The first-order valence-corrected chi connectivity index (χ1v) is 16.0. The number of fused-ring (bicyclic) bond motifs is 2. The van der Waals surface area contributed by atoms with Gasteiger partial charge in [0.05, 0.1) is 35.5 Å². The fourth-order valence-electron chi connectivity index (χ4n) is 7.11. The van der Waals surface area contributed by atoms with Gasteiger partial charge in [-0.25, -0.2) is 0 Å². The van der Waals surface area contributed by atoms with Crippen LogP contribution in [0.2, 0.25) is 0 Å². The SMILES string of the molecule is COc1cc(O)c2cc1Oc1ccc(cc1)CC1=NCCc3cc(OC)c(cc31)Oc1c(OC)c(OC)c(OC)c3c1[C@@H](C2)N(C)CC3. The Kier molecular flexibility index (Phi) is 8.43. The summed E-state index contributed by atoms with van der Waals surface area (Å²) in [5.41, 5.74) is 6.74. The van der Waals surface area contributed by atoms with Crippen LogP contribution in [0.25, 0.3) is 0 Å². The van der Waals surface area contributed by atoms with E-state index in [1.165, 1.54) is 0 Å². The normalized spacial score (nSPS) is 16.7. The van der Waals surface area contributed by atoms with Gasteiger partial charge in [-0.3, -0.25) is 9.89 Å². The molecule has 6 bridgehead atoms. The Morgan fingerprint density at radius 1 is 0.771 bits per heavy atom. The van der Waals surface area contributed by atoms with Crippen LogP contribution in [-0.4, -0.2) is 71.4 Å². The lowest BCUT2D eigenvalue weighted by atomic mass is 9.86. The summed E-state index contributed by atoms with van der Waals surface area (Å²) < 4.78 is 42.9. The van der Waals surface area contributed by atoms with Gasteiger partial charge in [-0.1, -0.05) is 12.1 Å². The monoisotopic (exact) mass is 652 g/mol. The molecule has 10 heteroatoms. The molecule has 0 aromatic heterocycles. The average Bonchev–Trinajstić information content (AvgIpc) is 3.10. The van der Waals surface area contributed by atoms with Gasteiger partial charge in [0.2, 0.25) is 11.5 Å². The van der Waals surface area contributed by atoms with Gasteiger partial charge in [0, 0.05) is 54.0 Å². The van der Waals surface area contributed by atoms with E-state index in [2.05, 4.69) is 18.0 Å². The van der Waals surface area contributed by atoms with Crippen LogP contribution >= 0.6 is 0 Å². The maximum absolute atomic E-state index is 11.3. The number of aliphatic imine (C=N–C) groups is 1. The number of aromatic hydroxyl groups is 1. The lowest BCUT2D eigenvalue weighted by Gasteiger charge is -2.37. The molecular weight excluding hydrogens is 612 g/mol. The zero-order valence-corrected chi connectivity index (χ0v) is 28.1. The molecule has 1 atom stereocenters. The van der Waals surface area contributed by atoms with E-state index in [0.29, 0.717) is 83.1 Å². The minimum absolute atomic E-state index is 0.0996. The van der Waals surface area contributed by atoms with Gasteiger partial charge >= 0.3 is 0 Å². The van der Waals surface area contributed by atoms with E-state index in [4.69, 9.17) is 38.2 Å². The largest absolute Gasteiger partial charge is 0.508 e. The summed E-state index contributed by atoms with van der Waals surface area (Å²) in [6.07, 6.45) is 2.53. The van der Waals surface area contributed by atoms with Crippen LogP contribution in [0.3, 0.4) is 0 Å². The van der Waals surface area contributed by atoms with Crippen molar-refractivity contribution in [1.82, 2.24) is 4.90 Å². The van der Waals surface area contributed by atoms with E-state index >= 15 is 0 Å². The first-order chi connectivity index (χ1) is 23.4. The Hall–Kier alpha value is -5.09. The van der Waals surface area contributed by atoms with Crippen molar-refractivity contribution in [1.29, 1.82) is 0 Å². The molecule has 4 aliphatic heterocycles. The smallest absolute Gasteiger partial charge is 0.208 e. The van der Waals surface area contributed by atoms with Crippen molar-refractivity contribution < 1.29 is 38.3 Å². The summed E-state index contributed by atoms with van der Waals surface area (Å²) in [6.45, 7) is 1.43. The zero-order valence-electron chi connectivity index (χ0n) is 28.1. The first kappa shape index (κ1) is 31.5. The van der Waals surface area contributed by atoms with Gasteiger partial charge in [0.1, 0.15) is 11.5 Å². The average molecular weight is 653 g/mol. The standard InChI is InChI=1S/C38H40N2O8/c1-40-14-12-25-34-28(40)16-23-18-32(31(43-3)20-29(23)41)47-24-9-7-21(8-10-24)15-27-26-19-33(30(42-2)17-22(26)11-13-39-27)48-36(34)38(46-6)37(45-5)35(25)44-4/h7-10,17-20,28,41H,11-16H2,1-6H3/t28-/m1/s1. The van der Waals surface area contributed by atoms with Gasteiger partial charge in [-0.15, -0.1) is 0 Å². The predicted molar refractivity (Wildman–Crippen MR) is 182 cm³/mol. The molecular formula is C38H40N2O8. The van der Waals surface area contributed by atoms with Crippen LogP contribution < -0.4 is 33.2 Å². The highest BCUT2D eigenvalue weighted by Gasteiger charge is 2.38. The van der Waals surface area contributed by atoms with Crippen LogP contribution in [0.1, 0.15) is 39.4 Å². The summed E-state index contributed by atoms with van der Waals surface area (Å²) in [5, 5.41) is 11.3. The van der Waals surface area contributed by atoms with Gasteiger partial charge < -0.3 is 38.3 Å².